The average molecular weight is 553 g/mol. The van der Waals surface area contributed by atoms with E-state index in [2.05, 4.69) is 0 Å². The van der Waals surface area contributed by atoms with Crippen LogP contribution in [0, 0.1) is 28.6 Å². The van der Waals surface area contributed by atoms with Crippen molar-refractivity contribution in [3.05, 3.63) is 23.8 Å². The fraction of sp³-hybridized carbons (Fsp3) is 0.714. The molecule has 0 heterocycles. The number of methoxy groups -OCH3 is 1. The fourth-order valence-electron chi connectivity index (χ4n) is 8.03. The van der Waals surface area contributed by atoms with Crippen molar-refractivity contribution in [2.75, 3.05) is 13.7 Å². The predicted octanol–water partition coefficient (Wildman–Crippen LogP) is 4.53. The van der Waals surface area contributed by atoms with Crippen LogP contribution in [-0.2, 0) is 28.5 Å². The lowest BCUT2D eigenvalue weighted by molar-refractivity contribution is -0.185. The Morgan fingerprint density at radius 2 is 1.87 bits per heavy atom. The molecule has 1 unspecified atom stereocenters. The molecule has 10 heteroatoms. The van der Waals surface area contributed by atoms with Crippen molar-refractivity contribution in [1.29, 1.82) is 0 Å². The van der Waals surface area contributed by atoms with Gasteiger partial charge in [0.1, 0.15) is 0 Å². The molecule has 0 aromatic rings. The Morgan fingerprint density at radius 1 is 1.18 bits per heavy atom. The summed E-state index contributed by atoms with van der Waals surface area (Å²) in [7, 11) is 1.16. The second kappa shape index (κ2) is 9.66. The highest BCUT2D eigenvalue weighted by molar-refractivity contribution is 6.26. The molecule has 4 rings (SSSR count). The van der Waals surface area contributed by atoms with Crippen LogP contribution in [0.1, 0.15) is 60.3 Å². The summed E-state index contributed by atoms with van der Waals surface area (Å²) in [4.78, 5) is 49.5. The molecule has 1 N–H and O–H groups in total. The SMILES string of the molecule is COC(=O)O[C@]1(C(=O)COC(=O)OC(C)C)[C@H](C)C[C@H]2[C@@H]3CCC4=CC(=O)C=C[C@]4(C)[C@@]3(Cl)C(O)C[C@@]21C. The molecule has 3 saturated carbocycles. The number of aliphatic hydroxyl groups excluding tert-OH is 1. The zero-order valence-electron chi connectivity index (χ0n) is 22.7. The molecule has 3 fully saturated rings. The van der Waals surface area contributed by atoms with E-state index in [1.165, 1.54) is 6.08 Å². The number of rotatable bonds is 5. The molecule has 0 aromatic carbocycles. The van der Waals surface area contributed by atoms with E-state index < -0.39 is 64.1 Å². The quantitative estimate of drug-likeness (QED) is 0.387. The Labute approximate surface area is 227 Å². The maximum absolute atomic E-state index is 13.9. The maximum Gasteiger partial charge on any atom is 0.509 e. The van der Waals surface area contributed by atoms with Crippen LogP contribution in [0.4, 0.5) is 9.59 Å². The number of Topliss-reactive ketones (excluding diaryl/α,β-unsaturated/α-hetero) is 1. The normalized spacial score (nSPS) is 41.4. The van der Waals surface area contributed by atoms with Crippen molar-refractivity contribution < 1.29 is 43.2 Å². The van der Waals surface area contributed by atoms with Crippen molar-refractivity contribution in [3.8, 4) is 0 Å². The number of carbonyl (C=O) groups is 4. The third kappa shape index (κ3) is 3.91. The van der Waals surface area contributed by atoms with Gasteiger partial charge in [0.25, 0.3) is 0 Å². The van der Waals surface area contributed by atoms with Gasteiger partial charge in [-0.3, -0.25) is 9.59 Å². The summed E-state index contributed by atoms with van der Waals surface area (Å²) in [6, 6.07) is 0. The lowest BCUT2D eigenvalue weighted by Crippen LogP contribution is -2.69. The first-order valence-electron chi connectivity index (χ1n) is 13.1. The summed E-state index contributed by atoms with van der Waals surface area (Å²) >= 11 is 7.47. The molecule has 210 valence electrons. The first-order chi connectivity index (χ1) is 17.7. The van der Waals surface area contributed by atoms with E-state index in [0.29, 0.717) is 19.3 Å². The summed E-state index contributed by atoms with van der Waals surface area (Å²) in [5, 5.41) is 11.8. The number of halogens is 1. The Morgan fingerprint density at radius 3 is 2.50 bits per heavy atom. The number of carbonyl (C=O) groups excluding carboxylic acids is 4. The monoisotopic (exact) mass is 552 g/mol. The van der Waals surface area contributed by atoms with E-state index >= 15 is 0 Å². The predicted molar refractivity (Wildman–Crippen MR) is 136 cm³/mol. The van der Waals surface area contributed by atoms with E-state index in [1.807, 2.05) is 20.8 Å². The van der Waals surface area contributed by atoms with Crippen LogP contribution >= 0.6 is 11.6 Å². The lowest BCUT2D eigenvalue weighted by atomic mass is 9.45. The number of ether oxygens (including phenoxy) is 4. The number of alkyl halides is 1. The number of hydrogen-bond acceptors (Lipinski definition) is 9. The zero-order valence-corrected chi connectivity index (χ0v) is 23.5. The molecule has 0 bridgehead atoms. The highest BCUT2D eigenvalue weighted by Gasteiger charge is 2.76. The Kier molecular flexibility index (Phi) is 7.28. The number of hydrogen-bond donors (Lipinski definition) is 1. The molecular formula is C28H37ClO9. The average Bonchev–Trinajstić information content (AvgIpc) is 3.05. The summed E-state index contributed by atoms with van der Waals surface area (Å²) in [5.41, 5.74) is -2.66. The second-order valence-electron chi connectivity index (χ2n) is 11.8. The van der Waals surface area contributed by atoms with Crippen LogP contribution in [0.25, 0.3) is 0 Å². The summed E-state index contributed by atoms with van der Waals surface area (Å²) in [5.74, 6) is -1.69. The van der Waals surface area contributed by atoms with Gasteiger partial charge in [-0.25, -0.2) is 9.59 Å². The lowest BCUT2D eigenvalue weighted by Gasteiger charge is -2.64. The molecule has 0 saturated heterocycles. The van der Waals surface area contributed by atoms with Gasteiger partial charge in [0, 0.05) is 16.7 Å². The van der Waals surface area contributed by atoms with E-state index in [4.69, 9.17) is 30.5 Å². The number of fused-ring (bicyclic) bond motifs is 5. The number of aliphatic hydroxyl groups is 1. The molecule has 0 spiro atoms. The van der Waals surface area contributed by atoms with Crippen molar-refractivity contribution in [3.63, 3.8) is 0 Å². The summed E-state index contributed by atoms with van der Waals surface area (Å²) in [6.45, 7) is 8.23. The standard InChI is InChI=1S/C28H37ClO9/c1-15(2)37-24(34)36-14-22(32)28(38-23(33)35-6)16(3)11-20-19-8-7-17-12-18(30)9-10-25(17,4)27(19,29)21(31)13-26(20,28)5/h9-10,12,15-16,19-21,31H,7-8,11,13-14H2,1-6H3/t16-,19+,20+,21?,25+,26+,27+,28+/m1/s1. The van der Waals surface area contributed by atoms with E-state index in [-0.39, 0.29) is 24.0 Å². The van der Waals surface area contributed by atoms with Gasteiger partial charge in [-0.1, -0.05) is 32.4 Å². The third-order valence-electron chi connectivity index (χ3n) is 9.66. The van der Waals surface area contributed by atoms with E-state index in [1.54, 1.807) is 26.0 Å². The third-order valence-corrected chi connectivity index (χ3v) is 10.6. The smallest absolute Gasteiger partial charge is 0.438 e. The van der Waals surface area contributed by atoms with Crippen LogP contribution in [0.3, 0.4) is 0 Å². The van der Waals surface area contributed by atoms with Gasteiger partial charge in [-0.2, -0.15) is 0 Å². The number of ketones is 2. The van der Waals surface area contributed by atoms with Gasteiger partial charge >= 0.3 is 12.3 Å². The second-order valence-corrected chi connectivity index (χ2v) is 12.4. The van der Waals surface area contributed by atoms with Crippen LogP contribution in [-0.4, -0.2) is 65.4 Å². The Balaban J connectivity index is 1.76. The minimum absolute atomic E-state index is 0.0475. The first kappa shape index (κ1) is 28.6. The zero-order chi connectivity index (χ0) is 28.3. The van der Waals surface area contributed by atoms with Crippen LogP contribution in [0.15, 0.2) is 23.8 Å². The molecule has 9 nitrogen and oxygen atoms in total. The molecule has 0 aliphatic heterocycles. The highest BCUT2D eigenvalue weighted by Crippen LogP contribution is 2.72. The topological polar surface area (TPSA) is 125 Å². The Bertz CT molecular complexity index is 1100. The summed E-state index contributed by atoms with van der Waals surface area (Å²) in [6.07, 6.45) is 3.06. The fourth-order valence-corrected chi connectivity index (χ4v) is 8.55. The molecule has 0 aromatic heterocycles. The van der Waals surface area contributed by atoms with Gasteiger partial charge in [-0.15, -0.1) is 11.6 Å². The van der Waals surface area contributed by atoms with Crippen molar-refractivity contribution in [2.24, 2.45) is 28.6 Å². The minimum Gasteiger partial charge on any atom is -0.438 e. The molecule has 38 heavy (non-hydrogen) atoms. The molecule has 4 aliphatic carbocycles. The molecule has 4 aliphatic rings. The van der Waals surface area contributed by atoms with E-state index in [9.17, 15) is 24.3 Å². The van der Waals surface area contributed by atoms with Gasteiger partial charge in [0.05, 0.1) is 24.2 Å². The van der Waals surface area contributed by atoms with Gasteiger partial charge in [0.2, 0.25) is 5.78 Å². The molecule has 8 atom stereocenters. The van der Waals surface area contributed by atoms with Crippen LogP contribution in [0.2, 0.25) is 0 Å². The van der Waals surface area contributed by atoms with Crippen molar-refractivity contribution in [2.45, 2.75) is 83.0 Å². The number of allylic oxidation sites excluding steroid dienone is 4. The summed E-state index contributed by atoms with van der Waals surface area (Å²) < 4.78 is 20.8. The largest absolute Gasteiger partial charge is 0.509 e. The van der Waals surface area contributed by atoms with Gasteiger partial charge < -0.3 is 24.1 Å². The molecular weight excluding hydrogens is 516 g/mol. The molecule has 0 amide bonds. The van der Waals surface area contributed by atoms with Gasteiger partial charge in [0.15, 0.2) is 18.0 Å². The van der Waals surface area contributed by atoms with Crippen LogP contribution in [0.5, 0.6) is 0 Å². The van der Waals surface area contributed by atoms with Crippen molar-refractivity contribution in [1.82, 2.24) is 0 Å². The maximum atomic E-state index is 13.9. The van der Waals surface area contributed by atoms with E-state index in [0.717, 1.165) is 12.7 Å². The first-order valence-corrected chi connectivity index (χ1v) is 13.5. The minimum atomic E-state index is -1.74. The van der Waals surface area contributed by atoms with Gasteiger partial charge in [-0.05, 0) is 63.5 Å². The molecule has 0 radical (unpaired) electrons. The van der Waals surface area contributed by atoms with Crippen LogP contribution < -0.4 is 0 Å². The highest BCUT2D eigenvalue weighted by atomic mass is 35.5. The Hall–Kier alpha value is -2.39. The van der Waals surface area contributed by atoms with Crippen molar-refractivity contribution >= 4 is 35.5 Å².